The Morgan fingerprint density at radius 2 is 1.82 bits per heavy atom. The maximum Gasteiger partial charge on any atom is 0.151 e. The molecule has 0 unspecified atom stereocenters. The second kappa shape index (κ2) is 6.71. The van der Waals surface area contributed by atoms with E-state index in [2.05, 4.69) is 5.32 Å². The summed E-state index contributed by atoms with van der Waals surface area (Å²) in [4.78, 5) is 0. The first kappa shape index (κ1) is 14.9. The smallest absolute Gasteiger partial charge is 0.151 e. The van der Waals surface area contributed by atoms with Crippen LogP contribution in [0.25, 0.3) is 0 Å². The van der Waals surface area contributed by atoms with Crippen molar-refractivity contribution in [2.45, 2.75) is 51.0 Å². The van der Waals surface area contributed by atoms with Crippen LogP contribution >= 0.6 is 0 Å². The lowest BCUT2D eigenvalue weighted by atomic mass is 9.85. The molecule has 0 aromatic heterocycles. The van der Waals surface area contributed by atoms with Crippen molar-refractivity contribution >= 4 is 9.84 Å². The summed E-state index contributed by atoms with van der Waals surface area (Å²) in [6, 6.07) is 0. The second-order valence-corrected chi connectivity index (χ2v) is 7.42. The van der Waals surface area contributed by atoms with Gasteiger partial charge in [0.05, 0.1) is 11.4 Å². The van der Waals surface area contributed by atoms with Crippen LogP contribution in [0.2, 0.25) is 0 Å². The molecule has 0 aromatic rings. The van der Waals surface area contributed by atoms with E-state index in [0.717, 1.165) is 25.7 Å². The zero-order valence-corrected chi connectivity index (χ0v) is 11.6. The first-order valence-corrected chi connectivity index (χ1v) is 8.43. The van der Waals surface area contributed by atoms with E-state index in [1.165, 1.54) is 6.42 Å². The van der Waals surface area contributed by atoms with Gasteiger partial charge < -0.3 is 10.4 Å². The Kier molecular flexibility index (Phi) is 5.89. The van der Waals surface area contributed by atoms with Crippen molar-refractivity contribution in [2.75, 3.05) is 24.6 Å². The van der Waals surface area contributed by atoms with Crippen molar-refractivity contribution in [3.8, 4) is 0 Å². The van der Waals surface area contributed by atoms with Crippen LogP contribution in [0.5, 0.6) is 0 Å². The van der Waals surface area contributed by atoms with E-state index in [1.807, 2.05) is 6.92 Å². The molecule has 0 aromatic carbocycles. The highest BCUT2D eigenvalue weighted by Crippen LogP contribution is 2.27. The van der Waals surface area contributed by atoms with Crippen LogP contribution in [0.1, 0.15) is 45.4 Å². The Labute approximate surface area is 105 Å². The molecule has 0 heterocycles. The van der Waals surface area contributed by atoms with Crippen molar-refractivity contribution in [3.63, 3.8) is 0 Å². The molecule has 5 heteroatoms. The highest BCUT2D eigenvalue weighted by molar-refractivity contribution is 7.91. The predicted molar refractivity (Wildman–Crippen MR) is 69.8 cm³/mol. The van der Waals surface area contributed by atoms with E-state index in [9.17, 15) is 13.5 Å². The van der Waals surface area contributed by atoms with E-state index >= 15 is 0 Å². The molecule has 1 aliphatic carbocycles. The maximum atomic E-state index is 11.5. The average molecular weight is 263 g/mol. The summed E-state index contributed by atoms with van der Waals surface area (Å²) in [6.45, 7) is 2.84. The van der Waals surface area contributed by atoms with Crippen molar-refractivity contribution < 1.29 is 13.5 Å². The molecule has 0 spiro atoms. The van der Waals surface area contributed by atoms with Gasteiger partial charge in [0.1, 0.15) is 0 Å². The molecule has 102 valence electrons. The zero-order chi connectivity index (χ0) is 12.8. The summed E-state index contributed by atoms with van der Waals surface area (Å²) in [5.41, 5.74) is -0.604. The Hall–Kier alpha value is -0.130. The van der Waals surface area contributed by atoms with Crippen LogP contribution < -0.4 is 5.32 Å². The Bertz CT molecular complexity index is 308. The second-order valence-electron chi connectivity index (χ2n) is 5.11. The van der Waals surface area contributed by atoms with Gasteiger partial charge in [-0.3, -0.25) is 0 Å². The SMILES string of the molecule is CCCS(=O)(=O)CCNCC1(O)CCCCC1. The van der Waals surface area contributed by atoms with E-state index in [4.69, 9.17) is 0 Å². The third-order valence-corrected chi connectivity index (χ3v) is 5.20. The fourth-order valence-electron chi connectivity index (χ4n) is 2.35. The quantitative estimate of drug-likeness (QED) is 0.675. The Morgan fingerprint density at radius 3 is 2.41 bits per heavy atom. The topological polar surface area (TPSA) is 66.4 Å². The summed E-state index contributed by atoms with van der Waals surface area (Å²) in [7, 11) is -2.90. The summed E-state index contributed by atoms with van der Waals surface area (Å²) in [5, 5.41) is 13.3. The van der Waals surface area contributed by atoms with Crippen molar-refractivity contribution in [2.24, 2.45) is 0 Å². The molecule has 17 heavy (non-hydrogen) atoms. The maximum absolute atomic E-state index is 11.5. The largest absolute Gasteiger partial charge is 0.389 e. The van der Waals surface area contributed by atoms with Gasteiger partial charge in [0, 0.05) is 18.8 Å². The first-order valence-electron chi connectivity index (χ1n) is 6.61. The van der Waals surface area contributed by atoms with Gasteiger partial charge in [-0.05, 0) is 19.3 Å². The lowest BCUT2D eigenvalue weighted by Crippen LogP contribution is -2.43. The van der Waals surface area contributed by atoms with Gasteiger partial charge in [0.15, 0.2) is 9.84 Å². The van der Waals surface area contributed by atoms with Crippen LogP contribution in [0.15, 0.2) is 0 Å². The molecule has 1 aliphatic rings. The zero-order valence-electron chi connectivity index (χ0n) is 10.7. The van der Waals surface area contributed by atoms with Crippen LogP contribution in [-0.4, -0.2) is 43.7 Å². The molecule has 1 saturated carbocycles. The molecule has 0 amide bonds. The third-order valence-electron chi connectivity index (χ3n) is 3.34. The van der Waals surface area contributed by atoms with Crippen LogP contribution in [0.3, 0.4) is 0 Å². The predicted octanol–water partition coefficient (Wildman–Crippen LogP) is 1.10. The molecule has 2 N–H and O–H groups in total. The Morgan fingerprint density at radius 1 is 1.18 bits per heavy atom. The van der Waals surface area contributed by atoms with E-state index in [1.54, 1.807) is 0 Å². The molecule has 0 bridgehead atoms. The van der Waals surface area contributed by atoms with Crippen LogP contribution in [-0.2, 0) is 9.84 Å². The molecule has 0 atom stereocenters. The Balaban J connectivity index is 2.19. The monoisotopic (exact) mass is 263 g/mol. The first-order chi connectivity index (χ1) is 7.97. The standard InChI is InChI=1S/C12H25NO3S/c1-2-9-17(15,16)10-8-13-11-12(14)6-4-3-5-7-12/h13-14H,2-11H2,1H3. The highest BCUT2D eigenvalue weighted by Gasteiger charge is 2.28. The summed E-state index contributed by atoms with van der Waals surface area (Å²) in [5.74, 6) is 0.440. The van der Waals surface area contributed by atoms with Crippen molar-refractivity contribution in [1.29, 1.82) is 0 Å². The minimum Gasteiger partial charge on any atom is -0.389 e. The number of nitrogens with one attached hydrogen (secondary N) is 1. The molecule has 1 rings (SSSR count). The highest BCUT2D eigenvalue weighted by atomic mass is 32.2. The number of sulfone groups is 1. The molecule has 4 nitrogen and oxygen atoms in total. The summed E-state index contributed by atoms with van der Waals surface area (Å²) in [6.07, 6.45) is 5.70. The number of hydrogen-bond acceptors (Lipinski definition) is 4. The fourth-order valence-corrected chi connectivity index (χ4v) is 3.63. The van der Waals surface area contributed by atoms with Gasteiger partial charge in [-0.2, -0.15) is 0 Å². The lowest BCUT2D eigenvalue weighted by molar-refractivity contribution is 0.00543. The third kappa shape index (κ3) is 5.84. The van der Waals surface area contributed by atoms with Gasteiger partial charge in [0.2, 0.25) is 0 Å². The molecular formula is C12H25NO3S. The van der Waals surface area contributed by atoms with E-state index < -0.39 is 15.4 Å². The van der Waals surface area contributed by atoms with E-state index in [0.29, 0.717) is 19.5 Å². The molecule has 1 fully saturated rings. The van der Waals surface area contributed by atoms with Gasteiger partial charge in [-0.1, -0.05) is 26.2 Å². The van der Waals surface area contributed by atoms with Crippen molar-refractivity contribution in [3.05, 3.63) is 0 Å². The minimum absolute atomic E-state index is 0.178. The normalized spacial score (nSPS) is 20.4. The number of aliphatic hydroxyl groups is 1. The number of hydrogen-bond donors (Lipinski definition) is 2. The molecule has 0 radical (unpaired) electrons. The number of rotatable bonds is 7. The molecule has 0 aliphatic heterocycles. The average Bonchev–Trinajstić information content (AvgIpc) is 2.26. The van der Waals surface area contributed by atoms with E-state index in [-0.39, 0.29) is 11.5 Å². The molecule has 0 saturated heterocycles. The summed E-state index contributed by atoms with van der Waals surface area (Å²) >= 11 is 0. The minimum atomic E-state index is -2.90. The van der Waals surface area contributed by atoms with Gasteiger partial charge >= 0.3 is 0 Å². The van der Waals surface area contributed by atoms with Crippen molar-refractivity contribution in [1.82, 2.24) is 5.32 Å². The van der Waals surface area contributed by atoms with Crippen LogP contribution in [0.4, 0.5) is 0 Å². The lowest BCUT2D eigenvalue weighted by Gasteiger charge is -2.32. The van der Waals surface area contributed by atoms with Crippen LogP contribution in [0, 0.1) is 0 Å². The molecular weight excluding hydrogens is 238 g/mol. The summed E-state index contributed by atoms with van der Waals surface area (Å²) < 4.78 is 22.9. The van der Waals surface area contributed by atoms with Gasteiger partial charge in [-0.15, -0.1) is 0 Å². The van der Waals surface area contributed by atoms with Gasteiger partial charge in [0.25, 0.3) is 0 Å². The fraction of sp³-hybridized carbons (Fsp3) is 1.00. The van der Waals surface area contributed by atoms with Gasteiger partial charge in [-0.25, -0.2) is 8.42 Å².